The minimum Gasteiger partial charge on any atom is -0.496 e. The molecule has 8 heteroatoms. The number of piperazine rings is 1. The number of nitrogens with zero attached hydrogens (tertiary/aromatic N) is 1. The first-order valence-corrected chi connectivity index (χ1v) is 9.34. The van der Waals surface area contributed by atoms with Gasteiger partial charge in [0.2, 0.25) is 15.9 Å². The third-order valence-corrected chi connectivity index (χ3v) is 4.57. The minimum absolute atomic E-state index is 0.198. The second-order valence-corrected chi connectivity index (χ2v) is 7.39. The number of benzene rings is 1. The predicted molar refractivity (Wildman–Crippen MR) is 87.8 cm³/mol. The van der Waals surface area contributed by atoms with Crippen molar-refractivity contribution in [2.24, 2.45) is 0 Å². The van der Waals surface area contributed by atoms with Crippen molar-refractivity contribution in [3.05, 3.63) is 29.8 Å². The molecule has 0 aliphatic carbocycles. The van der Waals surface area contributed by atoms with Crippen LogP contribution in [0.2, 0.25) is 0 Å². The molecule has 0 saturated carbocycles. The van der Waals surface area contributed by atoms with Crippen LogP contribution in [0.4, 0.5) is 0 Å². The van der Waals surface area contributed by atoms with E-state index in [4.69, 9.17) is 4.74 Å². The number of sulfonamides is 1. The van der Waals surface area contributed by atoms with Gasteiger partial charge in [0, 0.05) is 25.2 Å². The smallest absolute Gasteiger partial charge is 0.241 e. The van der Waals surface area contributed by atoms with Crippen LogP contribution in [0.1, 0.15) is 18.5 Å². The SMILES string of the molecule is COc1ccccc1C1CNCCN1C(=O)C(C)NS(C)(=O)=O. The van der Waals surface area contributed by atoms with E-state index in [1.54, 1.807) is 18.9 Å². The number of carbonyl (C=O) groups is 1. The summed E-state index contributed by atoms with van der Waals surface area (Å²) in [5.41, 5.74) is 0.905. The Hall–Kier alpha value is -1.64. The first kappa shape index (κ1) is 17.7. The molecule has 23 heavy (non-hydrogen) atoms. The quantitative estimate of drug-likeness (QED) is 0.793. The van der Waals surface area contributed by atoms with Crippen molar-refractivity contribution >= 4 is 15.9 Å². The molecular weight excluding hydrogens is 318 g/mol. The van der Waals surface area contributed by atoms with Gasteiger partial charge in [0.15, 0.2) is 0 Å². The largest absolute Gasteiger partial charge is 0.496 e. The molecule has 2 rings (SSSR count). The van der Waals surface area contributed by atoms with Gasteiger partial charge in [0.1, 0.15) is 5.75 Å². The van der Waals surface area contributed by atoms with Crippen molar-refractivity contribution in [3.63, 3.8) is 0 Å². The van der Waals surface area contributed by atoms with Crippen molar-refractivity contribution < 1.29 is 17.9 Å². The summed E-state index contributed by atoms with van der Waals surface area (Å²) >= 11 is 0. The van der Waals surface area contributed by atoms with Crippen molar-refractivity contribution in [3.8, 4) is 5.75 Å². The lowest BCUT2D eigenvalue weighted by Crippen LogP contribution is -2.54. The van der Waals surface area contributed by atoms with E-state index in [9.17, 15) is 13.2 Å². The third-order valence-electron chi connectivity index (χ3n) is 3.79. The van der Waals surface area contributed by atoms with Gasteiger partial charge in [0.05, 0.1) is 25.4 Å². The van der Waals surface area contributed by atoms with E-state index >= 15 is 0 Å². The molecule has 1 aromatic carbocycles. The zero-order valence-electron chi connectivity index (χ0n) is 13.6. The first-order chi connectivity index (χ1) is 10.8. The second-order valence-electron chi connectivity index (χ2n) is 5.61. The average molecular weight is 341 g/mol. The van der Waals surface area contributed by atoms with E-state index < -0.39 is 16.1 Å². The summed E-state index contributed by atoms with van der Waals surface area (Å²) in [7, 11) is -1.85. The Balaban J connectivity index is 2.26. The molecule has 1 aliphatic rings. The van der Waals surface area contributed by atoms with E-state index in [0.717, 1.165) is 11.8 Å². The molecular formula is C15H23N3O4S. The maximum atomic E-state index is 12.7. The lowest BCUT2D eigenvalue weighted by molar-refractivity contribution is -0.136. The molecule has 1 heterocycles. The summed E-state index contributed by atoms with van der Waals surface area (Å²) < 4.78 is 30.5. The van der Waals surface area contributed by atoms with Crippen LogP contribution >= 0.6 is 0 Å². The molecule has 7 nitrogen and oxygen atoms in total. The fraction of sp³-hybridized carbons (Fsp3) is 0.533. The molecule has 0 spiro atoms. The lowest BCUT2D eigenvalue weighted by atomic mass is 10.0. The Bertz CT molecular complexity index is 662. The average Bonchev–Trinajstić information content (AvgIpc) is 2.52. The van der Waals surface area contributed by atoms with E-state index in [2.05, 4.69) is 10.0 Å². The Labute approximate surface area is 137 Å². The van der Waals surface area contributed by atoms with Crippen LogP contribution in [0.5, 0.6) is 5.75 Å². The van der Waals surface area contributed by atoms with E-state index in [1.165, 1.54) is 0 Å². The van der Waals surface area contributed by atoms with Gasteiger partial charge in [-0.05, 0) is 13.0 Å². The standard InChI is InChI=1S/C15H23N3O4S/c1-11(17-23(3,20)21)15(19)18-9-8-16-10-13(18)12-6-4-5-7-14(12)22-2/h4-7,11,13,16-17H,8-10H2,1-3H3. The zero-order valence-corrected chi connectivity index (χ0v) is 14.4. The first-order valence-electron chi connectivity index (χ1n) is 7.45. The van der Waals surface area contributed by atoms with E-state index in [1.807, 2.05) is 24.3 Å². The zero-order chi connectivity index (χ0) is 17.0. The molecule has 1 aliphatic heterocycles. The Morgan fingerprint density at radius 2 is 2.13 bits per heavy atom. The van der Waals surface area contributed by atoms with Gasteiger partial charge in [-0.25, -0.2) is 13.1 Å². The molecule has 0 bridgehead atoms. The molecule has 128 valence electrons. The number of amides is 1. The van der Waals surface area contributed by atoms with Crippen LogP contribution in [0.3, 0.4) is 0 Å². The number of nitrogens with one attached hydrogen (secondary N) is 2. The Morgan fingerprint density at radius 3 is 2.78 bits per heavy atom. The van der Waals surface area contributed by atoms with E-state index in [-0.39, 0.29) is 11.9 Å². The molecule has 1 amide bonds. The van der Waals surface area contributed by atoms with Gasteiger partial charge < -0.3 is 15.0 Å². The fourth-order valence-electron chi connectivity index (χ4n) is 2.81. The highest BCUT2D eigenvalue weighted by Gasteiger charge is 2.32. The summed E-state index contributed by atoms with van der Waals surface area (Å²) in [4.78, 5) is 14.4. The van der Waals surface area contributed by atoms with Crippen LogP contribution in [0.25, 0.3) is 0 Å². The summed E-state index contributed by atoms with van der Waals surface area (Å²) in [6.45, 7) is 3.34. The van der Waals surface area contributed by atoms with E-state index in [0.29, 0.717) is 25.4 Å². The Kier molecular flexibility index (Phi) is 5.61. The van der Waals surface area contributed by atoms with Gasteiger partial charge in [-0.1, -0.05) is 18.2 Å². The number of rotatable bonds is 5. The highest BCUT2D eigenvalue weighted by atomic mass is 32.2. The van der Waals surface area contributed by atoms with Gasteiger partial charge in [-0.15, -0.1) is 0 Å². The Morgan fingerprint density at radius 1 is 1.43 bits per heavy atom. The van der Waals surface area contributed by atoms with Gasteiger partial charge in [0.25, 0.3) is 0 Å². The molecule has 2 atom stereocenters. The second kappa shape index (κ2) is 7.29. The van der Waals surface area contributed by atoms with Gasteiger partial charge in [-0.3, -0.25) is 4.79 Å². The van der Waals surface area contributed by atoms with Crippen molar-refractivity contribution in [2.45, 2.75) is 19.0 Å². The number of hydrogen-bond acceptors (Lipinski definition) is 5. The molecule has 2 N–H and O–H groups in total. The summed E-state index contributed by atoms with van der Waals surface area (Å²) in [5, 5.41) is 3.27. The predicted octanol–water partition coefficient (Wildman–Crippen LogP) is 0.106. The van der Waals surface area contributed by atoms with Gasteiger partial charge >= 0.3 is 0 Å². The number of hydrogen-bond donors (Lipinski definition) is 2. The minimum atomic E-state index is -3.44. The van der Waals surface area contributed by atoms with Crippen LogP contribution in [0, 0.1) is 0 Å². The van der Waals surface area contributed by atoms with Crippen molar-refractivity contribution in [1.29, 1.82) is 0 Å². The molecule has 0 aromatic heterocycles. The van der Waals surface area contributed by atoms with Crippen LogP contribution in [-0.2, 0) is 14.8 Å². The maximum absolute atomic E-state index is 12.7. The van der Waals surface area contributed by atoms with Crippen LogP contribution in [-0.4, -0.2) is 58.3 Å². The highest BCUT2D eigenvalue weighted by molar-refractivity contribution is 7.88. The molecule has 1 aromatic rings. The maximum Gasteiger partial charge on any atom is 0.241 e. The molecule has 0 radical (unpaired) electrons. The normalized spacial score (nSPS) is 20.1. The number of ether oxygens (including phenoxy) is 1. The van der Waals surface area contributed by atoms with Crippen LogP contribution < -0.4 is 14.8 Å². The molecule has 2 unspecified atom stereocenters. The number of para-hydroxylation sites is 1. The highest BCUT2D eigenvalue weighted by Crippen LogP contribution is 2.30. The monoisotopic (exact) mass is 341 g/mol. The van der Waals surface area contributed by atoms with Crippen molar-refractivity contribution in [1.82, 2.24) is 14.9 Å². The number of carbonyl (C=O) groups excluding carboxylic acids is 1. The summed E-state index contributed by atoms with van der Waals surface area (Å²) in [6, 6.07) is 6.54. The van der Waals surface area contributed by atoms with Gasteiger partial charge in [-0.2, -0.15) is 0 Å². The fourth-order valence-corrected chi connectivity index (χ4v) is 3.55. The topological polar surface area (TPSA) is 87.7 Å². The molecule has 1 fully saturated rings. The summed E-state index contributed by atoms with van der Waals surface area (Å²) in [5.74, 6) is 0.468. The van der Waals surface area contributed by atoms with Crippen LogP contribution in [0.15, 0.2) is 24.3 Å². The van der Waals surface area contributed by atoms with Crippen molar-refractivity contribution in [2.75, 3.05) is 33.0 Å². The molecule has 1 saturated heterocycles. The third kappa shape index (κ3) is 4.43. The summed E-state index contributed by atoms with van der Waals surface area (Å²) in [6.07, 6.45) is 1.05. The lowest BCUT2D eigenvalue weighted by Gasteiger charge is -2.38. The number of methoxy groups -OCH3 is 1.